The molecule has 1 amide bonds. The second-order valence-electron chi connectivity index (χ2n) is 5.37. The molecule has 3 heterocycles. The molecule has 0 fully saturated rings. The normalized spacial score (nSPS) is 10.5. The van der Waals surface area contributed by atoms with Gasteiger partial charge in [0.25, 0.3) is 5.91 Å². The Hall–Kier alpha value is -2.79. The molecule has 0 aromatic carbocycles. The fourth-order valence-corrected chi connectivity index (χ4v) is 2.50. The van der Waals surface area contributed by atoms with Gasteiger partial charge in [-0.15, -0.1) is 0 Å². The van der Waals surface area contributed by atoms with Crippen LogP contribution < -0.4 is 5.32 Å². The molecule has 0 aliphatic carbocycles. The number of hydrogen-bond acceptors (Lipinski definition) is 4. The first-order chi connectivity index (χ1) is 11.5. The Morgan fingerprint density at radius 3 is 2.58 bits per heavy atom. The van der Waals surface area contributed by atoms with Gasteiger partial charge in [-0.05, 0) is 61.4 Å². The molecule has 0 unspecified atom stereocenters. The van der Waals surface area contributed by atoms with Gasteiger partial charge in [0.2, 0.25) is 0 Å². The number of aromatic nitrogens is 3. The SMILES string of the molecule is Cc1cccc(NC(=O)c2cc(-c3ccnc(Cl)c3)cc(C)n2)n1. The summed E-state index contributed by atoms with van der Waals surface area (Å²) in [4.78, 5) is 25.0. The van der Waals surface area contributed by atoms with Crippen molar-refractivity contribution >= 4 is 23.3 Å². The maximum Gasteiger partial charge on any atom is 0.275 e. The van der Waals surface area contributed by atoms with Crippen LogP contribution in [0.4, 0.5) is 5.82 Å². The minimum atomic E-state index is -0.307. The van der Waals surface area contributed by atoms with Gasteiger partial charge in [0.05, 0.1) is 0 Å². The number of aryl methyl sites for hydroxylation is 2. The third kappa shape index (κ3) is 3.75. The lowest BCUT2D eigenvalue weighted by Crippen LogP contribution is -2.15. The maximum absolute atomic E-state index is 12.5. The van der Waals surface area contributed by atoms with Crippen molar-refractivity contribution in [3.05, 3.63) is 70.9 Å². The van der Waals surface area contributed by atoms with Crippen LogP contribution in [0.3, 0.4) is 0 Å². The number of pyridine rings is 3. The molecule has 3 aromatic rings. The minimum absolute atomic E-state index is 0.307. The molecule has 24 heavy (non-hydrogen) atoms. The highest BCUT2D eigenvalue weighted by Gasteiger charge is 2.12. The molecule has 0 saturated carbocycles. The number of hydrogen-bond donors (Lipinski definition) is 1. The highest BCUT2D eigenvalue weighted by Crippen LogP contribution is 2.23. The molecule has 0 spiro atoms. The van der Waals surface area contributed by atoms with E-state index in [1.165, 1.54) is 0 Å². The number of halogens is 1. The third-order valence-electron chi connectivity index (χ3n) is 3.38. The number of nitrogens with zero attached hydrogens (tertiary/aromatic N) is 3. The number of nitrogens with one attached hydrogen (secondary N) is 1. The predicted octanol–water partition coefficient (Wildman–Crippen LogP) is 4.06. The Kier molecular flexibility index (Phi) is 4.53. The molecule has 120 valence electrons. The van der Waals surface area contributed by atoms with Gasteiger partial charge in [0.1, 0.15) is 16.7 Å². The lowest BCUT2D eigenvalue weighted by Gasteiger charge is -2.08. The molecule has 1 N–H and O–H groups in total. The van der Waals surface area contributed by atoms with Gasteiger partial charge in [-0.1, -0.05) is 17.7 Å². The smallest absolute Gasteiger partial charge is 0.275 e. The number of anilines is 1. The molecular weight excluding hydrogens is 324 g/mol. The summed E-state index contributed by atoms with van der Waals surface area (Å²) in [5, 5.41) is 3.17. The van der Waals surface area contributed by atoms with Crippen molar-refractivity contribution in [1.82, 2.24) is 15.0 Å². The summed E-state index contributed by atoms with van der Waals surface area (Å²) in [5.41, 5.74) is 3.62. The van der Waals surface area contributed by atoms with Gasteiger partial charge in [0, 0.05) is 17.6 Å². The van der Waals surface area contributed by atoms with Crippen molar-refractivity contribution in [3.8, 4) is 11.1 Å². The van der Waals surface area contributed by atoms with Crippen LogP contribution >= 0.6 is 11.6 Å². The molecule has 0 bridgehead atoms. The van der Waals surface area contributed by atoms with E-state index in [-0.39, 0.29) is 5.91 Å². The summed E-state index contributed by atoms with van der Waals surface area (Å²) in [7, 11) is 0. The van der Waals surface area contributed by atoms with Gasteiger partial charge in [-0.25, -0.2) is 15.0 Å². The topological polar surface area (TPSA) is 67.8 Å². The summed E-state index contributed by atoms with van der Waals surface area (Å²) in [6.07, 6.45) is 1.63. The molecule has 6 heteroatoms. The van der Waals surface area contributed by atoms with E-state index in [0.29, 0.717) is 16.7 Å². The van der Waals surface area contributed by atoms with Gasteiger partial charge in [-0.3, -0.25) is 4.79 Å². The second-order valence-corrected chi connectivity index (χ2v) is 5.76. The maximum atomic E-state index is 12.5. The average molecular weight is 339 g/mol. The minimum Gasteiger partial charge on any atom is -0.305 e. The fourth-order valence-electron chi connectivity index (χ4n) is 2.33. The van der Waals surface area contributed by atoms with Crippen molar-refractivity contribution < 1.29 is 4.79 Å². The van der Waals surface area contributed by atoms with Crippen LogP contribution in [0.15, 0.2) is 48.7 Å². The highest BCUT2D eigenvalue weighted by atomic mass is 35.5. The summed E-state index contributed by atoms with van der Waals surface area (Å²) in [6, 6.07) is 12.7. The van der Waals surface area contributed by atoms with Crippen molar-refractivity contribution in [1.29, 1.82) is 0 Å². The number of rotatable bonds is 3. The highest BCUT2D eigenvalue weighted by molar-refractivity contribution is 6.29. The van der Waals surface area contributed by atoms with Crippen LogP contribution in [0.1, 0.15) is 21.9 Å². The number of carbonyl (C=O) groups is 1. The Bertz CT molecular complexity index is 911. The summed E-state index contributed by atoms with van der Waals surface area (Å²) >= 11 is 5.94. The predicted molar refractivity (Wildman–Crippen MR) is 94.1 cm³/mol. The molecular formula is C18H15ClN4O. The molecule has 0 atom stereocenters. The van der Waals surface area contributed by atoms with E-state index in [1.807, 2.05) is 38.1 Å². The van der Waals surface area contributed by atoms with Crippen molar-refractivity contribution in [2.45, 2.75) is 13.8 Å². The monoisotopic (exact) mass is 338 g/mol. The summed E-state index contributed by atoms with van der Waals surface area (Å²) in [5.74, 6) is 0.190. The average Bonchev–Trinajstić information content (AvgIpc) is 2.54. The van der Waals surface area contributed by atoms with E-state index in [4.69, 9.17) is 11.6 Å². The van der Waals surface area contributed by atoms with Gasteiger partial charge in [0.15, 0.2) is 0 Å². The van der Waals surface area contributed by atoms with Gasteiger partial charge < -0.3 is 5.32 Å². The van der Waals surface area contributed by atoms with Crippen LogP contribution in [0.2, 0.25) is 5.15 Å². The lowest BCUT2D eigenvalue weighted by atomic mass is 10.1. The molecule has 3 rings (SSSR count). The first-order valence-electron chi connectivity index (χ1n) is 7.37. The molecule has 3 aromatic heterocycles. The van der Waals surface area contributed by atoms with Crippen LogP contribution in [-0.4, -0.2) is 20.9 Å². The van der Waals surface area contributed by atoms with E-state index in [0.717, 1.165) is 22.5 Å². The van der Waals surface area contributed by atoms with E-state index < -0.39 is 0 Å². The van der Waals surface area contributed by atoms with E-state index in [2.05, 4.69) is 20.3 Å². The van der Waals surface area contributed by atoms with E-state index in [9.17, 15) is 4.79 Å². The zero-order valence-corrected chi connectivity index (χ0v) is 14.0. The van der Waals surface area contributed by atoms with E-state index >= 15 is 0 Å². The van der Waals surface area contributed by atoms with Crippen LogP contribution in [0.25, 0.3) is 11.1 Å². The Morgan fingerprint density at radius 1 is 1.00 bits per heavy atom. The Morgan fingerprint density at radius 2 is 1.83 bits per heavy atom. The summed E-state index contributed by atoms with van der Waals surface area (Å²) < 4.78 is 0. The second kappa shape index (κ2) is 6.76. The number of carbonyl (C=O) groups excluding carboxylic acids is 1. The van der Waals surface area contributed by atoms with Crippen LogP contribution in [-0.2, 0) is 0 Å². The quantitative estimate of drug-likeness (QED) is 0.731. The van der Waals surface area contributed by atoms with Crippen molar-refractivity contribution in [2.75, 3.05) is 5.32 Å². The third-order valence-corrected chi connectivity index (χ3v) is 3.58. The number of amides is 1. The Labute approximate surface area is 144 Å². The van der Waals surface area contributed by atoms with Crippen LogP contribution in [0.5, 0.6) is 0 Å². The van der Waals surface area contributed by atoms with Crippen molar-refractivity contribution in [3.63, 3.8) is 0 Å². The fraction of sp³-hybridized carbons (Fsp3) is 0.111. The first-order valence-corrected chi connectivity index (χ1v) is 7.75. The van der Waals surface area contributed by atoms with E-state index in [1.54, 1.807) is 24.4 Å². The molecule has 0 aliphatic rings. The molecule has 0 saturated heterocycles. The summed E-state index contributed by atoms with van der Waals surface area (Å²) in [6.45, 7) is 3.71. The van der Waals surface area contributed by atoms with Crippen molar-refractivity contribution in [2.24, 2.45) is 0 Å². The van der Waals surface area contributed by atoms with Crippen LogP contribution in [0, 0.1) is 13.8 Å². The van der Waals surface area contributed by atoms with Gasteiger partial charge in [-0.2, -0.15) is 0 Å². The standard InChI is InChI=1S/C18H15ClN4O/c1-11-4-3-5-17(22-11)23-18(24)15-9-14(8-12(2)21-15)13-6-7-20-16(19)10-13/h3-10H,1-2H3,(H,22,23,24). The molecule has 5 nitrogen and oxygen atoms in total. The zero-order chi connectivity index (χ0) is 17.1. The van der Waals surface area contributed by atoms with Gasteiger partial charge >= 0.3 is 0 Å². The lowest BCUT2D eigenvalue weighted by molar-refractivity contribution is 0.102. The largest absolute Gasteiger partial charge is 0.305 e. The zero-order valence-electron chi connectivity index (χ0n) is 13.2. The Balaban J connectivity index is 1.92. The molecule has 0 radical (unpaired) electrons. The molecule has 0 aliphatic heterocycles. The first kappa shape index (κ1) is 16.1.